The van der Waals surface area contributed by atoms with E-state index in [1.807, 2.05) is 11.3 Å². The van der Waals surface area contributed by atoms with Crippen molar-refractivity contribution in [1.29, 1.82) is 0 Å². The van der Waals surface area contributed by atoms with Gasteiger partial charge in [0.25, 0.3) is 0 Å². The first kappa shape index (κ1) is 19.6. The summed E-state index contributed by atoms with van der Waals surface area (Å²) < 4.78 is 1.31. The maximum Gasteiger partial charge on any atom is 0.303 e. The Bertz CT molecular complexity index is 920. The first-order valence-electron chi connectivity index (χ1n) is 9.39. The van der Waals surface area contributed by atoms with Gasteiger partial charge < -0.3 is 10.4 Å². The predicted molar refractivity (Wildman–Crippen MR) is 115 cm³/mol. The van der Waals surface area contributed by atoms with Crippen molar-refractivity contribution in [2.24, 2.45) is 0 Å². The topological polar surface area (TPSA) is 49.3 Å². The van der Waals surface area contributed by atoms with Gasteiger partial charge in [-0.05, 0) is 46.5 Å². The minimum absolute atomic E-state index is 0.160. The van der Waals surface area contributed by atoms with Crippen LogP contribution < -0.4 is 5.32 Å². The Balaban J connectivity index is 1.77. The number of aliphatic carboxylic acids is 1. The highest BCUT2D eigenvalue weighted by molar-refractivity contribution is 7.19. The average molecular weight is 382 g/mol. The summed E-state index contributed by atoms with van der Waals surface area (Å²) in [6.07, 6.45) is 0.875. The molecule has 0 aliphatic carbocycles. The van der Waals surface area contributed by atoms with E-state index in [1.54, 1.807) is 0 Å². The first-order chi connectivity index (χ1) is 12.8. The molecule has 0 saturated heterocycles. The van der Waals surface area contributed by atoms with Crippen LogP contribution in [-0.4, -0.2) is 17.6 Å². The summed E-state index contributed by atoms with van der Waals surface area (Å²) in [4.78, 5) is 11.8. The van der Waals surface area contributed by atoms with Crippen molar-refractivity contribution in [2.45, 2.75) is 45.6 Å². The third kappa shape index (κ3) is 4.96. The number of carboxylic acid groups (broad SMARTS) is 1. The molecule has 0 atom stereocenters. The molecule has 0 spiro atoms. The molecule has 3 aromatic rings. The molecule has 2 aromatic carbocycles. The minimum atomic E-state index is -0.735. The van der Waals surface area contributed by atoms with Crippen molar-refractivity contribution in [1.82, 2.24) is 5.32 Å². The molecule has 3 nitrogen and oxygen atoms in total. The van der Waals surface area contributed by atoms with Gasteiger partial charge in [0.15, 0.2) is 0 Å². The Morgan fingerprint density at radius 1 is 1.11 bits per heavy atom. The van der Waals surface area contributed by atoms with Gasteiger partial charge in [-0.1, -0.05) is 63.2 Å². The lowest BCUT2D eigenvalue weighted by molar-refractivity contribution is -0.137. The largest absolute Gasteiger partial charge is 0.481 e. The van der Waals surface area contributed by atoms with Crippen molar-refractivity contribution in [3.8, 4) is 11.1 Å². The zero-order chi connectivity index (χ0) is 19.4. The Labute approximate surface area is 165 Å². The normalized spacial score (nSPS) is 11.8. The fraction of sp³-hybridized carbons (Fsp3) is 0.348. The van der Waals surface area contributed by atoms with Crippen LogP contribution in [0, 0.1) is 0 Å². The summed E-state index contributed by atoms with van der Waals surface area (Å²) in [5.41, 5.74) is 4.02. The number of benzene rings is 2. The number of hydrogen-bond donors (Lipinski definition) is 2. The number of fused-ring (bicyclic) bond motifs is 1. The molecule has 142 valence electrons. The van der Waals surface area contributed by atoms with E-state index in [9.17, 15) is 4.79 Å². The molecule has 0 fully saturated rings. The standard InChI is InChI=1S/C23H27NO2S/c1-23(2,3)18-11-9-16(10-12-18)20-7-4-6-17-14-19(27-22(17)20)15-24-13-5-8-21(25)26/h4,6-7,9-12,14,24H,5,8,13,15H2,1-3H3,(H,25,26). The number of rotatable bonds is 7. The maximum absolute atomic E-state index is 10.6. The van der Waals surface area contributed by atoms with Gasteiger partial charge in [0, 0.05) is 22.5 Å². The smallest absolute Gasteiger partial charge is 0.303 e. The molecule has 0 aliphatic heterocycles. The predicted octanol–water partition coefficient (Wildman–Crippen LogP) is 5.82. The van der Waals surface area contributed by atoms with E-state index in [2.05, 4.69) is 74.6 Å². The van der Waals surface area contributed by atoms with Crippen LogP contribution in [0.1, 0.15) is 44.1 Å². The number of thiophene rings is 1. The lowest BCUT2D eigenvalue weighted by Crippen LogP contribution is -2.14. The average Bonchev–Trinajstić information content (AvgIpc) is 3.03. The fourth-order valence-electron chi connectivity index (χ4n) is 3.16. The van der Waals surface area contributed by atoms with E-state index in [4.69, 9.17) is 5.11 Å². The highest BCUT2D eigenvalue weighted by atomic mass is 32.1. The summed E-state index contributed by atoms with van der Waals surface area (Å²) in [5.74, 6) is -0.735. The molecule has 3 rings (SSSR count). The third-order valence-corrected chi connectivity index (χ3v) is 5.88. The molecular weight excluding hydrogens is 354 g/mol. The summed E-state index contributed by atoms with van der Waals surface area (Å²) in [7, 11) is 0. The van der Waals surface area contributed by atoms with Crippen molar-refractivity contribution in [3.63, 3.8) is 0 Å². The van der Waals surface area contributed by atoms with Gasteiger partial charge >= 0.3 is 5.97 Å². The van der Waals surface area contributed by atoms with E-state index in [1.165, 1.54) is 31.7 Å². The van der Waals surface area contributed by atoms with E-state index < -0.39 is 5.97 Å². The van der Waals surface area contributed by atoms with E-state index in [0.29, 0.717) is 6.42 Å². The molecule has 1 aromatic heterocycles. The lowest BCUT2D eigenvalue weighted by Gasteiger charge is -2.19. The molecule has 1 heterocycles. The zero-order valence-corrected chi connectivity index (χ0v) is 17.0. The molecule has 0 bridgehead atoms. The van der Waals surface area contributed by atoms with E-state index in [0.717, 1.165) is 13.1 Å². The quantitative estimate of drug-likeness (QED) is 0.507. The van der Waals surface area contributed by atoms with Crippen molar-refractivity contribution in [2.75, 3.05) is 6.54 Å². The van der Waals surface area contributed by atoms with Crippen LogP contribution in [0.3, 0.4) is 0 Å². The van der Waals surface area contributed by atoms with Crippen LogP contribution in [-0.2, 0) is 16.8 Å². The highest BCUT2D eigenvalue weighted by Gasteiger charge is 2.14. The second kappa shape index (κ2) is 8.24. The van der Waals surface area contributed by atoms with Gasteiger partial charge in [0.2, 0.25) is 0 Å². The van der Waals surface area contributed by atoms with Crippen molar-refractivity contribution >= 4 is 27.4 Å². The van der Waals surface area contributed by atoms with Gasteiger partial charge in [-0.25, -0.2) is 0 Å². The first-order valence-corrected chi connectivity index (χ1v) is 10.2. The number of carbonyl (C=O) groups is 1. The second-order valence-corrected chi connectivity index (χ2v) is 9.07. The molecule has 0 saturated carbocycles. The molecular formula is C23H27NO2S. The molecule has 27 heavy (non-hydrogen) atoms. The summed E-state index contributed by atoms with van der Waals surface area (Å²) >= 11 is 1.81. The fourth-order valence-corrected chi connectivity index (χ4v) is 4.32. The SMILES string of the molecule is CC(C)(C)c1ccc(-c2cccc3cc(CNCCCC(=O)O)sc23)cc1. The number of carboxylic acids is 1. The van der Waals surface area contributed by atoms with E-state index in [-0.39, 0.29) is 11.8 Å². The van der Waals surface area contributed by atoms with Gasteiger partial charge in [0.05, 0.1) is 0 Å². The maximum atomic E-state index is 10.6. The van der Waals surface area contributed by atoms with Gasteiger partial charge in [-0.15, -0.1) is 11.3 Å². The highest BCUT2D eigenvalue weighted by Crippen LogP contribution is 2.35. The number of nitrogens with one attached hydrogen (secondary N) is 1. The van der Waals surface area contributed by atoms with Crippen molar-refractivity contribution < 1.29 is 9.90 Å². The molecule has 0 radical (unpaired) electrons. The van der Waals surface area contributed by atoms with Crippen LogP contribution in [0.2, 0.25) is 0 Å². The number of hydrogen-bond acceptors (Lipinski definition) is 3. The molecule has 4 heteroatoms. The molecule has 2 N–H and O–H groups in total. The summed E-state index contributed by atoms with van der Waals surface area (Å²) in [6.45, 7) is 8.20. The minimum Gasteiger partial charge on any atom is -0.481 e. The third-order valence-electron chi connectivity index (χ3n) is 4.70. The van der Waals surface area contributed by atoms with Gasteiger partial charge in [-0.3, -0.25) is 4.79 Å². The molecule has 0 amide bonds. The van der Waals surface area contributed by atoms with Crippen LogP contribution in [0.5, 0.6) is 0 Å². The monoisotopic (exact) mass is 381 g/mol. The zero-order valence-electron chi connectivity index (χ0n) is 16.2. The van der Waals surface area contributed by atoms with Crippen LogP contribution >= 0.6 is 11.3 Å². The second-order valence-electron chi connectivity index (χ2n) is 7.94. The molecule has 0 aliphatic rings. The Morgan fingerprint density at radius 2 is 1.85 bits per heavy atom. The van der Waals surface area contributed by atoms with Crippen LogP contribution in [0.15, 0.2) is 48.5 Å². The Kier molecular flexibility index (Phi) is 5.98. The van der Waals surface area contributed by atoms with Gasteiger partial charge in [0.1, 0.15) is 0 Å². The summed E-state index contributed by atoms with van der Waals surface area (Å²) in [6, 6.07) is 17.6. The van der Waals surface area contributed by atoms with Crippen LogP contribution in [0.4, 0.5) is 0 Å². The van der Waals surface area contributed by atoms with E-state index >= 15 is 0 Å². The lowest BCUT2D eigenvalue weighted by atomic mass is 9.86. The van der Waals surface area contributed by atoms with Gasteiger partial charge in [-0.2, -0.15) is 0 Å². The Morgan fingerprint density at radius 3 is 2.52 bits per heavy atom. The Hall–Kier alpha value is -2.17. The van der Waals surface area contributed by atoms with Crippen molar-refractivity contribution in [3.05, 3.63) is 59.0 Å². The summed E-state index contributed by atoms with van der Waals surface area (Å²) in [5, 5.41) is 13.3. The molecule has 0 unspecified atom stereocenters. The van der Waals surface area contributed by atoms with Crippen LogP contribution in [0.25, 0.3) is 21.2 Å².